The van der Waals surface area contributed by atoms with Crippen molar-refractivity contribution in [1.29, 1.82) is 0 Å². The van der Waals surface area contributed by atoms with E-state index in [0.29, 0.717) is 11.2 Å². The number of carbonyl (C=O) groups excluding carboxylic acids is 1. The Morgan fingerprint density at radius 3 is 2.46 bits per heavy atom. The van der Waals surface area contributed by atoms with Gasteiger partial charge in [0.2, 0.25) is 5.88 Å². The first-order valence-electron chi connectivity index (χ1n) is 9.44. The molecule has 1 fully saturated rings. The predicted molar refractivity (Wildman–Crippen MR) is 112 cm³/mol. The number of halogens is 1. The van der Waals surface area contributed by atoms with Gasteiger partial charge < -0.3 is 14.0 Å². The molecule has 2 heterocycles. The number of hydrogen-bond donors (Lipinski definition) is 0. The molecular formula is C20H26BBrN2O4. The zero-order valence-corrected chi connectivity index (χ0v) is 18.8. The van der Waals surface area contributed by atoms with Gasteiger partial charge in [-0.25, -0.2) is 4.79 Å². The second kappa shape index (κ2) is 7.65. The quantitative estimate of drug-likeness (QED) is 0.516. The van der Waals surface area contributed by atoms with Gasteiger partial charge >= 0.3 is 13.1 Å². The molecule has 1 aromatic carbocycles. The normalized spacial score (nSPS) is 17.8. The van der Waals surface area contributed by atoms with Crippen LogP contribution in [-0.4, -0.2) is 34.1 Å². The van der Waals surface area contributed by atoms with E-state index >= 15 is 0 Å². The first kappa shape index (κ1) is 21.1. The van der Waals surface area contributed by atoms with Gasteiger partial charge in [-0.3, -0.25) is 4.68 Å². The Morgan fingerprint density at radius 2 is 1.86 bits per heavy atom. The van der Waals surface area contributed by atoms with Gasteiger partial charge in [-0.05, 0) is 57.9 Å². The van der Waals surface area contributed by atoms with Crippen molar-refractivity contribution in [2.75, 3.05) is 0 Å². The molecule has 0 N–H and O–H groups in total. The minimum absolute atomic E-state index is 0.220. The molecule has 8 heteroatoms. The number of ether oxygens (including phenoxy) is 1. The van der Waals surface area contributed by atoms with Crippen LogP contribution in [0.5, 0.6) is 5.88 Å². The van der Waals surface area contributed by atoms with Crippen molar-refractivity contribution in [3.05, 3.63) is 39.9 Å². The van der Waals surface area contributed by atoms with Gasteiger partial charge in [0.25, 0.3) is 0 Å². The largest absolute Gasteiger partial charge is 0.514 e. The summed E-state index contributed by atoms with van der Waals surface area (Å²) in [7, 11) is 1.20. The topological polar surface area (TPSA) is 62.6 Å². The van der Waals surface area contributed by atoms with E-state index in [2.05, 4.69) is 28.0 Å². The van der Waals surface area contributed by atoms with Crippen molar-refractivity contribution in [3.63, 3.8) is 0 Å². The summed E-state index contributed by atoms with van der Waals surface area (Å²) in [5, 5.41) is 4.30. The standard InChI is InChI=1S/C20H26BBrN2O4/c1-7-8-13-11-14(9-10-15(13)22)18(25)26-17-12-16(24(6)23-17)21-27-19(2,3)20(4,5)28-21/h9-12H,7-8H2,1-6H3. The van der Waals surface area contributed by atoms with Crippen molar-refractivity contribution in [1.82, 2.24) is 9.78 Å². The molecule has 1 saturated heterocycles. The maximum atomic E-state index is 12.6. The Balaban J connectivity index is 1.77. The maximum Gasteiger partial charge on any atom is 0.514 e. The van der Waals surface area contributed by atoms with Crippen LogP contribution in [0.15, 0.2) is 28.7 Å². The fourth-order valence-corrected chi connectivity index (χ4v) is 3.45. The summed E-state index contributed by atoms with van der Waals surface area (Å²) < 4.78 is 20.2. The molecule has 0 spiro atoms. The predicted octanol–water partition coefficient (Wildman–Crippen LogP) is 3.65. The van der Waals surface area contributed by atoms with Gasteiger partial charge in [-0.15, -0.1) is 5.10 Å². The van der Waals surface area contributed by atoms with E-state index in [4.69, 9.17) is 14.0 Å². The molecule has 0 radical (unpaired) electrons. The molecule has 6 nitrogen and oxygen atoms in total. The van der Waals surface area contributed by atoms with Crippen molar-refractivity contribution in [2.24, 2.45) is 7.05 Å². The lowest BCUT2D eigenvalue weighted by atomic mass is 9.85. The van der Waals surface area contributed by atoms with Crippen LogP contribution >= 0.6 is 15.9 Å². The van der Waals surface area contributed by atoms with Gasteiger partial charge in [0, 0.05) is 17.6 Å². The zero-order chi connectivity index (χ0) is 20.7. The fraction of sp³-hybridized carbons (Fsp3) is 0.500. The lowest BCUT2D eigenvalue weighted by Crippen LogP contribution is -2.41. The third-order valence-corrected chi connectivity index (χ3v) is 6.16. The molecule has 0 unspecified atom stereocenters. The van der Waals surface area contributed by atoms with Crippen molar-refractivity contribution in [3.8, 4) is 5.88 Å². The van der Waals surface area contributed by atoms with Crippen molar-refractivity contribution >= 4 is 34.6 Å². The van der Waals surface area contributed by atoms with Gasteiger partial charge in [0.05, 0.1) is 22.4 Å². The van der Waals surface area contributed by atoms with Gasteiger partial charge in [0.15, 0.2) is 0 Å². The summed E-state index contributed by atoms with van der Waals surface area (Å²) >= 11 is 3.52. The van der Waals surface area contributed by atoms with Crippen LogP contribution in [-0.2, 0) is 22.8 Å². The van der Waals surface area contributed by atoms with E-state index in [0.717, 1.165) is 22.9 Å². The number of aryl methyl sites for hydroxylation is 2. The lowest BCUT2D eigenvalue weighted by molar-refractivity contribution is 0.00578. The first-order chi connectivity index (χ1) is 13.0. The van der Waals surface area contributed by atoms with Crippen LogP contribution in [0.25, 0.3) is 0 Å². The molecule has 2 aromatic rings. The Bertz CT molecular complexity index is 878. The number of carbonyl (C=O) groups is 1. The minimum Gasteiger partial charge on any atom is -0.402 e. The molecule has 150 valence electrons. The Hall–Kier alpha value is -1.64. The number of hydrogen-bond acceptors (Lipinski definition) is 5. The molecule has 0 bridgehead atoms. The van der Waals surface area contributed by atoms with E-state index in [1.807, 2.05) is 39.8 Å². The summed E-state index contributed by atoms with van der Waals surface area (Å²) in [4.78, 5) is 12.6. The summed E-state index contributed by atoms with van der Waals surface area (Å²) in [5.41, 5.74) is 1.37. The second-order valence-corrected chi connectivity index (χ2v) is 8.92. The van der Waals surface area contributed by atoms with E-state index < -0.39 is 24.3 Å². The SMILES string of the molecule is CCCc1cc(C(=O)Oc2cc(B3OC(C)(C)C(C)(C)O3)n(C)n2)ccc1Br. The van der Waals surface area contributed by atoms with Crippen molar-refractivity contribution in [2.45, 2.75) is 58.7 Å². The first-order valence-corrected chi connectivity index (χ1v) is 10.2. The van der Waals surface area contributed by atoms with E-state index in [1.54, 1.807) is 23.9 Å². The third kappa shape index (κ3) is 4.04. The molecule has 1 aliphatic rings. The molecule has 3 rings (SSSR count). The number of benzene rings is 1. The maximum absolute atomic E-state index is 12.6. The summed E-state index contributed by atoms with van der Waals surface area (Å²) in [6.07, 6.45) is 1.88. The molecular weight excluding hydrogens is 423 g/mol. The van der Waals surface area contributed by atoms with Crippen LogP contribution < -0.4 is 10.3 Å². The zero-order valence-electron chi connectivity index (χ0n) is 17.2. The molecule has 1 aromatic heterocycles. The van der Waals surface area contributed by atoms with E-state index in [-0.39, 0.29) is 5.88 Å². The highest BCUT2D eigenvalue weighted by molar-refractivity contribution is 9.10. The summed E-state index contributed by atoms with van der Waals surface area (Å²) in [5.74, 6) is -0.222. The average molecular weight is 449 g/mol. The van der Waals surface area contributed by atoms with Crippen LogP contribution in [0, 0.1) is 0 Å². The number of aromatic nitrogens is 2. The molecule has 28 heavy (non-hydrogen) atoms. The number of esters is 1. The highest BCUT2D eigenvalue weighted by Crippen LogP contribution is 2.36. The average Bonchev–Trinajstić information content (AvgIpc) is 3.05. The molecule has 0 saturated carbocycles. The summed E-state index contributed by atoms with van der Waals surface area (Å²) in [6.45, 7) is 10.1. The molecule has 0 amide bonds. The fourth-order valence-electron chi connectivity index (χ4n) is 3.01. The summed E-state index contributed by atoms with van der Waals surface area (Å²) in [6, 6.07) is 7.15. The lowest BCUT2D eigenvalue weighted by Gasteiger charge is -2.32. The second-order valence-electron chi connectivity index (χ2n) is 8.07. The van der Waals surface area contributed by atoms with Gasteiger partial charge in [-0.1, -0.05) is 29.3 Å². The van der Waals surface area contributed by atoms with Crippen molar-refractivity contribution < 1.29 is 18.8 Å². The van der Waals surface area contributed by atoms with Crippen LogP contribution in [0.2, 0.25) is 0 Å². The number of rotatable bonds is 5. The van der Waals surface area contributed by atoms with Crippen LogP contribution in [0.4, 0.5) is 0 Å². The van der Waals surface area contributed by atoms with Gasteiger partial charge in [0.1, 0.15) is 0 Å². The van der Waals surface area contributed by atoms with Gasteiger partial charge in [-0.2, -0.15) is 0 Å². The van der Waals surface area contributed by atoms with Crippen LogP contribution in [0.3, 0.4) is 0 Å². The molecule has 0 atom stereocenters. The monoisotopic (exact) mass is 448 g/mol. The highest BCUT2D eigenvalue weighted by Gasteiger charge is 2.52. The minimum atomic E-state index is -0.571. The Morgan fingerprint density at radius 1 is 1.21 bits per heavy atom. The highest BCUT2D eigenvalue weighted by atomic mass is 79.9. The molecule has 1 aliphatic heterocycles. The Labute approximate surface area is 174 Å². The third-order valence-electron chi connectivity index (χ3n) is 5.39. The van der Waals surface area contributed by atoms with E-state index in [9.17, 15) is 4.79 Å². The molecule has 0 aliphatic carbocycles. The smallest absolute Gasteiger partial charge is 0.402 e. The van der Waals surface area contributed by atoms with E-state index in [1.165, 1.54) is 0 Å². The Kier molecular flexibility index (Phi) is 5.76. The number of nitrogens with zero attached hydrogens (tertiary/aromatic N) is 2. The van der Waals surface area contributed by atoms with Crippen LogP contribution in [0.1, 0.15) is 57.0 Å².